The highest BCUT2D eigenvalue weighted by molar-refractivity contribution is 6.60. The van der Waals surface area contributed by atoms with Crippen molar-refractivity contribution < 1.29 is 18.4 Å². The number of aliphatic hydroxyl groups excluding tert-OH is 1. The third kappa shape index (κ3) is 8.21. The lowest BCUT2D eigenvalue weighted by molar-refractivity contribution is 0.122. The second-order valence-electron chi connectivity index (χ2n) is 4.60. The van der Waals surface area contributed by atoms with Crippen LogP contribution in [-0.4, -0.2) is 41.8 Å². The van der Waals surface area contributed by atoms with Crippen molar-refractivity contribution in [3.05, 3.63) is 0 Å². The molecule has 0 aliphatic heterocycles. The van der Waals surface area contributed by atoms with E-state index in [2.05, 4.69) is 0 Å². The van der Waals surface area contributed by atoms with Gasteiger partial charge in [-0.3, -0.25) is 0 Å². The Morgan fingerprint density at radius 3 is 1.44 bits per heavy atom. The molecule has 0 amide bonds. The minimum atomic E-state index is -2.33. The lowest BCUT2D eigenvalue weighted by Gasteiger charge is -2.24. The Bertz CT molecular complexity index is 166. The number of unbranched alkanes of at least 4 members (excludes halogenated alkanes) is 7. The molecule has 0 spiro atoms. The van der Waals surface area contributed by atoms with Crippen LogP contribution in [0.3, 0.4) is 0 Å². The van der Waals surface area contributed by atoms with Crippen LogP contribution in [-0.2, 0) is 13.3 Å². The summed E-state index contributed by atoms with van der Waals surface area (Å²) in [7, 11) is 2.67. The molecule has 0 radical (unpaired) electrons. The van der Waals surface area contributed by atoms with Gasteiger partial charge in [-0.05, 0) is 12.8 Å². The number of rotatable bonds is 13. The van der Waals surface area contributed by atoms with Crippen molar-refractivity contribution in [3.8, 4) is 0 Å². The van der Waals surface area contributed by atoms with Crippen molar-refractivity contribution in [2.24, 2.45) is 0 Å². The third-order valence-corrected chi connectivity index (χ3v) is 6.16. The van der Waals surface area contributed by atoms with Crippen LogP contribution in [0.25, 0.3) is 0 Å². The zero-order chi connectivity index (χ0) is 13.7. The van der Waals surface area contributed by atoms with Crippen molar-refractivity contribution in [1.82, 2.24) is 0 Å². The van der Waals surface area contributed by atoms with Gasteiger partial charge in [0.1, 0.15) is 0 Å². The van der Waals surface area contributed by atoms with E-state index >= 15 is 0 Å². The van der Waals surface area contributed by atoms with Gasteiger partial charge in [0, 0.05) is 34.0 Å². The van der Waals surface area contributed by atoms with E-state index in [0.717, 1.165) is 25.3 Å². The first-order chi connectivity index (χ1) is 8.74. The summed E-state index contributed by atoms with van der Waals surface area (Å²) in [6.07, 6.45) is 9.50. The average Bonchev–Trinajstić information content (AvgIpc) is 2.42. The first-order valence-electron chi connectivity index (χ1n) is 7.01. The molecule has 0 fully saturated rings. The molecule has 0 saturated heterocycles. The van der Waals surface area contributed by atoms with Crippen LogP contribution in [0.1, 0.15) is 51.4 Å². The monoisotopic (exact) mass is 278 g/mol. The summed E-state index contributed by atoms with van der Waals surface area (Å²) in [5.74, 6) is 0. The fraction of sp³-hybridized carbons (Fsp3) is 1.00. The van der Waals surface area contributed by atoms with Gasteiger partial charge in [0.05, 0.1) is 0 Å². The highest BCUT2D eigenvalue weighted by Crippen LogP contribution is 2.18. The average molecular weight is 278 g/mol. The van der Waals surface area contributed by atoms with E-state index in [1.807, 2.05) is 0 Å². The van der Waals surface area contributed by atoms with Crippen LogP contribution >= 0.6 is 0 Å². The fourth-order valence-electron chi connectivity index (χ4n) is 2.07. The van der Waals surface area contributed by atoms with Crippen LogP contribution in [0.15, 0.2) is 0 Å². The SMILES string of the molecule is CO[Si](CCCCCCCCCCO)(OC)OC. The Kier molecular flexibility index (Phi) is 12.1. The van der Waals surface area contributed by atoms with Crippen LogP contribution < -0.4 is 0 Å². The Morgan fingerprint density at radius 2 is 1.06 bits per heavy atom. The topological polar surface area (TPSA) is 47.9 Å². The standard InChI is InChI=1S/C13H30O4Si/c1-15-18(16-2,17-3)13-11-9-7-5-4-6-8-10-12-14/h14H,4-13H2,1-3H3. The maximum absolute atomic E-state index is 8.65. The molecule has 1 N–H and O–H groups in total. The molecule has 0 aromatic heterocycles. The van der Waals surface area contributed by atoms with Crippen molar-refractivity contribution in [2.45, 2.75) is 57.4 Å². The summed E-state index contributed by atoms with van der Waals surface area (Å²) < 4.78 is 16.1. The summed E-state index contributed by atoms with van der Waals surface area (Å²) in [6.45, 7) is 0.331. The number of aliphatic hydroxyl groups is 1. The van der Waals surface area contributed by atoms with Gasteiger partial charge in [0.15, 0.2) is 0 Å². The summed E-state index contributed by atoms with van der Waals surface area (Å²) in [5.41, 5.74) is 0. The largest absolute Gasteiger partial charge is 0.500 e. The highest BCUT2D eigenvalue weighted by atomic mass is 28.4. The smallest absolute Gasteiger partial charge is 0.396 e. The Labute approximate surface area is 113 Å². The third-order valence-electron chi connectivity index (χ3n) is 3.32. The molecule has 0 aliphatic carbocycles. The first-order valence-corrected chi connectivity index (χ1v) is 8.94. The second kappa shape index (κ2) is 12.1. The van der Waals surface area contributed by atoms with E-state index in [9.17, 15) is 0 Å². The van der Waals surface area contributed by atoms with Crippen LogP contribution in [0.5, 0.6) is 0 Å². The van der Waals surface area contributed by atoms with E-state index in [1.54, 1.807) is 21.3 Å². The molecule has 0 saturated carbocycles. The lowest BCUT2D eigenvalue weighted by Crippen LogP contribution is -2.42. The van der Waals surface area contributed by atoms with Gasteiger partial charge < -0.3 is 18.4 Å². The molecule has 0 aromatic carbocycles. The molecule has 0 bridgehead atoms. The molecule has 0 aromatic rings. The molecular formula is C13H30O4Si. The number of hydrogen-bond acceptors (Lipinski definition) is 4. The molecule has 18 heavy (non-hydrogen) atoms. The fourth-order valence-corrected chi connectivity index (χ4v) is 3.87. The predicted octanol–water partition coefficient (Wildman–Crippen LogP) is 2.98. The van der Waals surface area contributed by atoms with Crippen LogP contribution in [0.2, 0.25) is 6.04 Å². The Morgan fingerprint density at radius 1 is 0.667 bits per heavy atom. The molecular weight excluding hydrogens is 248 g/mol. The van der Waals surface area contributed by atoms with Crippen LogP contribution in [0, 0.1) is 0 Å². The quantitative estimate of drug-likeness (QED) is 0.415. The maximum Gasteiger partial charge on any atom is 0.500 e. The van der Waals surface area contributed by atoms with Gasteiger partial charge in [-0.2, -0.15) is 0 Å². The van der Waals surface area contributed by atoms with Crippen LogP contribution in [0.4, 0.5) is 0 Å². The predicted molar refractivity (Wildman–Crippen MR) is 75.6 cm³/mol. The minimum Gasteiger partial charge on any atom is -0.396 e. The Hall–Kier alpha value is 0.0569. The minimum absolute atomic E-state index is 0.331. The van der Waals surface area contributed by atoms with Gasteiger partial charge in [-0.15, -0.1) is 0 Å². The number of hydrogen-bond donors (Lipinski definition) is 1. The Balaban J connectivity index is 3.38. The normalized spacial score (nSPS) is 12.0. The van der Waals surface area contributed by atoms with Crippen molar-refractivity contribution >= 4 is 8.80 Å². The van der Waals surface area contributed by atoms with Gasteiger partial charge in [0.2, 0.25) is 0 Å². The molecule has 0 aliphatic rings. The summed E-state index contributed by atoms with van der Waals surface area (Å²) in [6, 6.07) is 0.904. The summed E-state index contributed by atoms with van der Waals surface area (Å²) in [5, 5.41) is 8.65. The van der Waals surface area contributed by atoms with Crippen molar-refractivity contribution in [2.75, 3.05) is 27.9 Å². The second-order valence-corrected chi connectivity index (χ2v) is 7.69. The molecule has 0 unspecified atom stereocenters. The van der Waals surface area contributed by atoms with E-state index < -0.39 is 8.80 Å². The van der Waals surface area contributed by atoms with E-state index in [-0.39, 0.29) is 0 Å². The zero-order valence-electron chi connectivity index (χ0n) is 12.2. The molecule has 0 atom stereocenters. The van der Waals surface area contributed by atoms with Crippen molar-refractivity contribution in [1.29, 1.82) is 0 Å². The van der Waals surface area contributed by atoms with Gasteiger partial charge in [0.25, 0.3) is 0 Å². The molecule has 0 rings (SSSR count). The van der Waals surface area contributed by atoms with Gasteiger partial charge in [-0.25, -0.2) is 0 Å². The van der Waals surface area contributed by atoms with E-state index in [1.165, 1.54) is 32.1 Å². The van der Waals surface area contributed by atoms with Crippen molar-refractivity contribution in [3.63, 3.8) is 0 Å². The summed E-state index contributed by atoms with van der Waals surface area (Å²) in [4.78, 5) is 0. The molecule has 4 nitrogen and oxygen atoms in total. The maximum atomic E-state index is 8.65. The lowest BCUT2D eigenvalue weighted by atomic mass is 10.1. The summed E-state index contributed by atoms with van der Waals surface area (Å²) >= 11 is 0. The molecule has 110 valence electrons. The molecule has 5 heteroatoms. The zero-order valence-corrected chi connectivity index (χ0v) is 13.2. The first kappa shape index (κ1) is 18.1. The molecule has 0 heterocycles. The van der Waals surface area contributed by atoms with Gasteiger partial charge >= 0.3 is 8.80 Å². The highest BCUT2D eigenvalue weighted by Gasteiger charge is 2.36. The van der Waals surface area contributed by atoms with E-state index in [4.69, 9.17) is 18.4 Å². The van der Waals surface area contributed by atoms with Gasteiger partial charge in [-0.1, -0.05) is 38.5 Å². The van der Waals surface area contributed by atoms with E-state index in [0.29, 0.717) is 6.61 Å².